The van der Waals surface area contributed by atoms with Crippen LogP contribution in [0.3, 0.4) is 0 Å². The Bertz CT molecular complexity index is 845. The van der Waals surface area contributed by atoms with E-state index in [4.69, 9.17) is 5.11 Å². The highest BCUT2D eigenvalue weighted by Crippen LogP contribution is 2.29. The van der Waals surface area contributed by atoms with Crippen LogP contribution in [0.5, 0.6) is 0 Å². The Balaban J connectivity index is 1.82. The molecule has 1 aliphatic heterocycles. The van der Waals surface area contributed by atoms with E-state index in [-0.39, 0.29) is 23.8 Å². The Hall–Kier alpha value is -2.91. The number of aliphatic carboxylic acids is 1. The van der Waals surface area contributed by atoms with Crippen molar-refractivity contribution in [2.75, 3.05) is 13.1 Å². The maximum atomic E-state index is 12.6. The molecule has 1 aliphatic rings. The van der Waals surface area contributed by atoms with Crippen molar-refractivity contribution in [3.05, 3.63) is 41.3 Å². The van der Waals surface area contributed by atoms with Gasteiger partial charge in [-0.05, 0) is 25.5 Å². The number of carboxylic acid groups (broad SMARTS) is 1. The molecule has 2 aromatic heterocycles. The molecule has 138 valence electrons. The molecule has 2 aromatic rings. The largest absolute Gasteiger partial charge is 0.481 e. The van der Waals surface area contributed by atoms with Crippen LogP contribution in [-0.2, 0) is 11.0 Å². The van der Waals surface area contributed by atoms with Gasteiger partial charge in [-0.25, -0.2) is 9.67 Å². The van der Waals surface area contributed by atoms with Gasteiger partial charge in [-0.1, -0.05) is 0 Å². The van der Waals surface area contributed by atoms with E-state index in [1.807, 2.05) is 0 Å². The van der Waals surface area contributed by atoms with Crippen LogP contribution in [0.1, 0.15) is 28.0 Å². The topological polar surface area (TPSA) is 88.3 Å². The van der Waals surface area contributed by atoms with Crippen molar-refractivity contribution in [3.63, 3.8) is 0 Å². The normalized spacial score (nSPS) is 17.5. The zero-order valence-corrected chi connectivity index (χ0v) is 13.7. The minimum absolute atomic E-state index is 0.122. The number of rotatable bonds is 3. The van der Waals surface area contributed by atoms with E-state index in [1.165, 1.54) is 21.8 Å². The summed E-state index contributed by atoms with van der Waals surface area (Å²) in [5.74, 6) is -1.74. The van der Waals surface area contributed by atoms with Crippen LogP contribution in [0.2, 0.25) is 0 Å². The minimum Gasteiger partial charge on any atom is -0.481 e. The first-order valence-electron chi connectivity index (χ1n) is 7.79. The van der Waals surface area contributed by atoms with Crippen LogP contribution in [0.25, 0.3) is 5.82 Å². The number of halogens is 3. The maximum Gasteiger partial charge on any atom is 0.417 e. The highest BCUT2D eigenvalue weighted by Gasteiger charge is 2.33. The van der Waals surface area contributed by atoms with E-state index in [2.05, 4.69) is 10.1 Å². The number of aromatic nitrogens is 3. The predicted octanol–water partition coefficient (Wildman–Crippen LogP) is 2.14. The quantitative estimate of drug-likeness (QED) is 0.897. The Labute approximate surface area is 146 Å². The fourth-order valence-electron chi connectivity index (χ4n) is 2.85. The van der Waals surface area contributed by atoms with Crippen LogP contribution in [0.15, 0.2) is 24.5 Å². The van der Waals surface area contributed by atoms with Crippen molar-refractivity contribution in [2.24, 2.45) is 5.92 Å². The molecule has 1 amide bonds. The second-order valence-corrected chi connectivity index (χ2v) is 6.03. The van der Waals surface area contributed by atoms with Crippen LogP contribution in [-0.4, -0.2) is 49.7 Å². The van der Waals surface area contributed by atoms with Gasteiger partial charge in [0.1, 0.15) is 0 Å². The van der Waals surface area contributed by atoms with Gasteiger partial charge in [0.2, 0.25) is 0 Å². The molecular weight excluding hydrogens is 353 g/mol. The molecule has 1 unspecified atom stereocenters. The number of alkyl halides is 3. The predicted molar refractivity (Wildman–Crippen MR) is 82.7 cm³/mol. The summed E-state index contributed by atoms with van der Waals surface area (Å²) >= 11 is 0. The SMILES string of the molecule is Cc1c(C(=O)N2CCC(C(=O)O)C2)cnn1-c1ccc(C(F)(F)F)cn1. The van der Waals surface area contributed by atoms with Gasteiger partial charge < -0.3 is 10.0 Å². The molecule has 0 aliphatic carbocycles. The number of carbonyl (C=O) groups is 2. The third kappa shape index (κ3) is 3.26. The summed E-state index contributed by atoms with van der Waals surface area (Å²) in [5.41, 5.74) is -0.196. The average Bonchev–Trinajstić information content (AvgIpc) is 3.21. The van der Waals surface area contributed by atoms with Gasteiger partial charge in [-0.15, -0.1) is 0 Å². The molecule has 3 rings (SSSR count). The van der Waals surface area contributed by atoms with Crippen molar-refractivity contribution in [2.45, 2.75) is 19.5 Å². The van der Waals surface area contributed by atoms with E-state index in [9.17, 15) is 22.8 Å². The summed E-state index contributed by atoms with van der Waals surface area (Å²) in [6.07, 6.45) is -2.09. The van der Waals surface area contributed by atoms with Crippen LogP contribution < -0.4 is 0 Å². The van der Waals surface area contributed by atoms with Crippen LogP contribution in [0, 0.1) is 12.8 Å². The lowest BCUT2D eigenvalue weighted by Crippen LogP contribution is -2.30. The first-order chi connectivity index (χ1) is 12.2. The molecule has 1 N–H and O–H groups in total. The Morgan fingerprint density at radius 2 is 2.00 bits per heavy atom. The highest BCUT2D eigenvalue weighted by molar-refractivity contribution is 5.95. The summed E-state index contributed by atoms with van der Waals surface area (Å²) in [7, 11) is 0. The summed E-state index contributed by atoms with van der Waals surface area (Å²) in [4.78, 5) is 28.8. The van der Waals surface area contributed by atoms with Gasteiger partial charge >= 0.3 is 12.1 Å². The van der Waals surface area contributed by atoms with E-state index in [0.29, 0.717) is 24.9 Å². The molecule has 0 bridgehead atoms. The van der Waals surface area contributed by atoms with Crippen molar-refractivity contribution in [1.82, 2.24) is 19.7 Å². The third-order valence-corrected chi connectivity index (χ3v) is 4.36. The molecule has 3 heterocycles. The van der Waals surface area contributed by atoms with Crippen LogP contribution in [0.4, 0.5) is 13.2 Å². The molecule has 0 radical (unpaired) electrons. The average molecular weight is 368 g/mol. The second kappa shape index (κ2) is 6.43. The molecule has 10 heteroatoms. The fraction of sp³-hybridized carbons (Fsp3) is 0.375. The van der Waals surface area contributed by atoms with Gasteiger partial charge in [-0.3, -0.25) is 9.59 Å². The zero-order chi connectivity index (χ0) is 19.1. The molecule has 26 heavy (non-hydrogen) atoms. The third-order valence-electron chi connectivity index (χ3n) is 4.36. The van der Waals surface area contributed by atoms with Crippen molar-refractivity contribution >= 4 is 11.9 Å². The number of likely N-dealkylation sites (tertiary alicyclic amines) is 1. The van der Waals surface area contributed by atoms with Crippen molar-refractivity contribution < 1.29 is 27.9 Å². The molecule has 0 saturated carbocycles. The van der Waals surface area contributed by atoms with Gasteiger partial charge in [0.25, 0.3) is 5.91 Å². The first kappa shape index (κ1) is 17.9. The standard InChI is InChI=1S/C16H15F3N4O3/c1-9-12(14(24)22-5-4-10(8-22)15(25)26)7-21-23(9)13-3-2-11(6-20-13)16(17,18)19/h2-3,6-7,10H,4-5,8H2,1H3,(H,25,26). The second-order valence-electron chi connectivity index (χ2n) is 6.03. The Morgan fingerprint density at radius 3 is 2.54 bits per heavy atom. The monoisotopic (exact) mass is 368 g/mol. The van der Waals surface area contributed by atoms with Crippen molar-refractivity contribution in [3.8, 4) is 5.82 Å². The summed E-state index contributed by atoms with van der Waals surface area (Å²) in [5, 5.41) is 13.1. The fourth-order valence-corrected chi connectivity index (χ4v) is 2.85. The molecule has 0 spiro atoms. The lowest BCUT2D eigenvalue weighted by atomic mass is 10.1. The van der Waals surface area contributed by atoms with Gasteiger partial charge in [0, 0.05) is 19.3 Å². The molecule has 7 nitrogen and oxygen atoms in total. The molecule has 1 atom stereocenters. The number of hydrogen-bond acceptors (Lipinski definition) is 4. The molecule has 0 aromatic carbocycles. The van der Waals surface area contributed by atoms with E-state index < -0.39 is 23.6 Å². The van der Waals surface area contributed by atoms with Crippen molar-refractivity contribution in [1.29, 1.82) is 0 Å². The summed E-state index contributed by atoms with van der Waals surface area (Å²) in [6.45, 7) is 2.06. The number of hydrogen-bond donors (Lipinski definition) is 1. The molecular formula is C16H15F3N4O3. The summed E-state index contributed by atoms with van der Waals surface area (Å²) < 4.78 is 39.1. The van der Waals surface area contributed by atoms with Gasteiger partial charge in [0.15, 0.2) is 5.82 Å². The maximum absolute atomic E-state index is 12.6. The highest BCUT2D eigenvalue weighted by atomic mass is 19.4. The van der Waals surface area contributed by atoms with Crippen LogP contribution >= 0.6 is 0 Å². The molecule has 1 fully saturated rings. The van der Waals surface area contributed by atoms with E-state index in [0.717, 1.165) is 6.07 Å². The summed E-state index contributed by atoms with van der Waals surface area (Å²) in [6, 6.07) is 2.07. The first-order valence-corrected chi connectivity index (χ1v) is 7.79. The lowest BCUT2D eigenvalue weighted by Gasteiger charge is -2.15. The molecule has 1 saturated heterocycles. The number of amides is 1. The number of nitrogens with zero attached hydrogens (tertiary/aromatic N) is 4. The minimum atomic E-state index is -4.48. The van der Waals surface area contributed by atoms with Gasteiger partial charge in [-0.2, -0.15) is 18.3 Å². The Morgan fingerprint density at radius 1 is 1.27 bits per heavy atom. The lowest BCUT2D eigenvalue weighted by molar-refractivity contribution is -0.141. The Kier molecular flexibility index (Phi) is 4.43. The smallest absolute Gasteiger partial charge is 0.417 e. The van der Waals surface area contributed by atoms with E-state index >= 15 is 0 Å². The van der Waals surface area contributed by atoms with E-state index in [1.54, 1.807) is 6.92 Å². The van der Waals surface area contributed by atoms with Gasteiger partial charge in [0.05, 0.1) is 28.9 Å². The number of pyridine rings is 1. The number of carbonyl (C=O) groups excluding carboxylic acids is 1. The number of carboxylic acids is 1. The zero-order valence-electron chi connectivity index (χ0n) is 13.7.